The van der Waals surface area contributed by atoms with Crippen LogP contribution >= 0.6 is 0 Å². The van der Waals surface area contributed by atoms with Crippen molar-refractivity contribution in [1.29, 1.82) is 0 Å². The van der Waals surface area contributed by atoms with Crippen LogP contribution in [0.2, 0.25) is 0 Å². The number of amides is 3. The Morgan fingerprint density at radius 2 is 1.66 bits per heavy atom. The summed E-state index contributed by atoms with van der Waals surface area (Å²) in [7, 11) is 3.05. The lowest BCUT2D eigenvalue weighted by atomic mass is 9.93. The van der Waals surface area contributed by atoms with E-state index in [1.165, 1.54) is 14.2 Å². The van der Waals surface area contributed by atoms with Gasteiger partial charge in [-0.2, -0.15) is 0 Å². The number of nitrogens with zero attached hydrogens (tertiary/aromatic N) is 1. The van der Waals surface area contributed by atoms with Gasteiger partial charge in [0.05, 0.1) is 14.2 Å². The van der Waals surface area contributed by atoms with E-state index in [1.807, 2.05) is 0 Å². The highest BCUT2D eigenvalue weighted by atomic mass is 19.1. The van der Waals surface area contributed by atoms with Gasteiger partial charge in [0.15, 0.2) is 11.5 Å². The van der Waals surface area contributed by atoms with Crippen molar-refractivity contribution in [2.24, 2.45) is 5.92 Å². The first-order valence-corrected chi connectivity index (χ1v) is 10.4. The number of piperidine rings is 1. The Labute approximate surface area is 185 Å². The minimum Gasteiger partial charge on any atom is -0.493 e. The molecule has 172 valence electrons. The van der Waals surface area contributed by atoms with Gasteiger partial charge in [0.2, 0.25) is 0 Å². The number of hydrogen-bond donors (Lipinski definition) is 2. The first kappa shape index (κ1) is 23.3. The largest absolute Gasteiger partial charge is 0.493 e. The van der Waals surface area contributed by atoms with Crippen molar-refractivity contribution in [2.75, 3.05) is 39.2 Å². The summed E-state index contributed by atoms with van der Waals surface area (Å²) in [5, 5.41) is 5.45. The van der Waals surface area contributed by atoms with Crippen molar-refractivity contribution >= 4 is 17.6 Å². The molecular weight excluding hydrogens is 420 g/mol. The highest BCUT2D eigenvalue weighted by Gasteiger charge is 2.23. The Hall–Kier alpha value is -3.36. The van der Waals surface area contributed by atoms with Gasteiger partial charge in [-0.05, 0) is 55.5 Å². The molecule has 2 aromatic carbocycles. The topological polar surface area (TPSA) is 79.9 Å². The van der Waals surface area contributed by atoms with E-state index in [-0.39, 0.29) is 17.6 Å². The van der Waals surface area contributed by atoms with Crippen LogP contribution in [-0.4, -0.2) is 50.7 Å². The van der Waals surface area contributed by atoms with Crippen LogP contribution in [0.5, 0.6) is 11.5 Å². The smallest absolute Gasteiger partial charge is 0.321 e. The minimum atomic E-state index is -0.742. The van der Waals surface area contributed by atoms with Gasteiger partial charge in [0, 0.05) is 37.0 Å². The normalized spacial score (nSPS) is 14.1. The zero-order chi connectivity index (χ0) is 23.1. The lowest BCUT2D eigenvalue weighted by molar-refractivity contribution is 0.0949. The van der Waals surface area contributed by atoms with Crippen molar-refractivity contribution in [1.82, 2.24) is 10.2 Å². The van der Waals surface area contributed by atoms with Crippen LogP contribution in [0.1, 0.15) is 29.6 Å². The highest BCUT2D eigenvalue weighted by Crippen LogP contribution is 2.27. The molecule has 0 spiro atoms. The van der Waals surface area contributed by atoms with Crippen LogP contribution in [0.15, 0.2) is 36.4 Å². The van der Waals surface area contributed by atoms with E-state index in [4.69, 9.17) is 9.47 Å². The zero-order valence-electron chi connectivity index (χ0n) is 18.1. The highest BCUT2D eigenvalue weighted by molar-refractivity contribution is 5.94. The van der Waals surface area contributed by atoms with E-state index >= 15 is 0 Å². The molecule has 1 aliphatic rings. The van der Waals surface area contributed by atoms with Gasteiger partial charge in [-0.15, -0.1) is 0 Å². The number of methoxy groups -OCH3 is 2. The van der Waals surface area contributed by atoms with E-state index in [0.717, 1.165) is 37.5 Å². The number of benzene rings is 2. The number of halogens is 2. The van der Waals surface area contributed by atoms with Crippen LogP contribution in [0.3, 0.4) is 0 Å². The maximum Gasteiger partial charge on any atom is 0.321 e. The lowest BCUT2D eigenvalue weighted by Gasteiger charge is -2.32. The fourth-order valence-electron chi connectivity index (χ4n) is 3.72. The van der Waals surface area contributed by atoms with Crippen molar-refractivity contribution in [3.63, 3.8) is 0 Å². The number of likely N-dealkylation sites (tertiary alicyclic amines) is 1. The standard InChI is InChI=1S/C23H27F2N3O4/c1-31-20-4-3-16(11-21(20)32-2)22(29)26-8-5-15-6-9-28(10-7-15)23(30)27-19-13-17(24)12-18(25)14-19/h3-4,11-15H,5-10H2,1-2H3,(H,26,29)(H,27,30). The molecule has 0 bridgehead atoms. The molecule has 1 heterocycles. The molecule has 7 nitrogen and oxygen atoms in total. The average Bonchev–Trinajstić information content (AvgIpc) is 2.78. The second-order valence-electron chi connectivity index (χ2n) is 7.63. The number of nitrogens with one attached hydrogen (secondary N) is 2. The Morgan fingerprint density at radius 3 is 2.28 bits per heavy atom. The molecule has 0 aliphatic carbocycles. The molecule has 9 heteroatoms. The van der Waals surface area contributed by atoms with Crippen molar-refractivity contribution in [3.8, 4) is 11.5 Å². The monoisotopic (exact) mass is 447 g/mol. The summed E-state index contributed by atoms with van der Waals surface area (Å²) < 4.78 is 37.0. The molecule has 0 aromatic heterocycles. The fraction of sp³-hybridized carbons (Fsp3) is 0.391. The predicted octanol–water partition coefficient (Wildman–Crippen LogP) is 4.05. The van der Waals surface area contributed by atoms with E-state index in [1.54, 1.807) is 23.1 Å². The van der Waals surface area contributed by atoms with Crippen LogP contribution < -0.4 is 20.1 Å². The number of rotatable bonds is 7. The number of carbonyl (C=O) groups is 2. The molecule has 1 aliphatic heterocycles. The summed E-state index contributed by atoms with van der Waals surface area (Å²) in [4.78, 5) is 26.4. The van der Waals surface area contributed by atoms with Gasteiger partial charge < -0.3 is 25.0 Å². The van der Waals surface area contributed by atoms with Gasteiger partial charge in [0.25, 0.3) is 5.91 Å². The molecule has 1 fully saturated rings. The summed E-state index contributed by atoms with van der Waals surface area (Å²) >= 11 is 0. The Kier molecular flexibility index (Phi) is 7.86. The Balaban J connectivity index is 1.41. The second-order valence-corrected chi connectivity index (χ2v) is 7.63. The molecule has 3 amide bonds. The molecule has 2 aromatic rings. The summed E-state index contributed by atoms with van der Waals surface area (Å²) in [6, 6.07) is 7.53. The van der Waals surface area contributed by atoms with Gasteiger partial charge >= 0.3 is 6.03 Å². The Morgan fingerprint density at radius 1 is 1.00 bits per heavy atom. The molecule has 0 atom stereocenters. The maximum atomic E-state index is 13.3. The number of urea groups is 1. The number of carbonyl (C=O) groups excluding carboxylic acids is 2. The predicted molar refractivity (Wildman–Crippen MR) is 116 cm³/mol. The first-order chi connectivity index (χ1) is 15.4. The second kappa shape index (κ2) is 10.8. The third kappa shape index (κ3) is 6.09. The molecule has 3 rings (SSSR count). The van der Waals surface area contributed by atoms with E-state index in [9.17, 15) is 18.4 Å². The summed E-state index contributed by atoms with van der Waals surface area (Å²) in [6.45, 7) is 1.60. The van der Waals surface area contributed by atoms with Crippen molar-refractivity contribution in [2.45, 2.75) is 19.3 Å². The van der Waals surface area contributed by atoms with Gasteiger partial charge in [0.1, 0.15) is 11.6 Å². The number of anilines is 1. The molecular formula is C23H27F2N3O4. The SMILES string of the molecule is COc1ccc(C(=O)NCCC2CCN(C(=O)Nc3cc(F)cc(F)c3)CC2)cc1OC. The first-order valence-electron chi connectivity index (χ1n) is 10.4. The molecule has 0 radical (unpaired) electrons. The van der Waals surface area contributed by atoms with Crippen LogP contribution in [0.25, 0.3) is 0 Å². The van der Waals surface area contributed by atoms with Gasteiger partial charge in [-0.1, -0.05) is 0 Å². The van der Waals surface area contributed by atoms with E-state index < -0.39 is 11.6 Å². The van der Waals surface area contributed by atoms with E-state index in [0.29, 0.717) is 42.6 Å². The third-order valence-electron chi connectivity index (χ3n) is 5.50. The quantitative estimate of drug-likeness (QED) is 0.671. The Bertz CT molecular complexity index is 942. The van der Waals surface area contributed by atoms with Crippen molar-refractivity contribution < 1.29 is 27.8 Å². The zero-order valence-corrected chi connectivity index (χ0v) is 18.1. The maximum absolute atomic E-state index is 13.3. The van der Waals surface area contributed by atoms with Gasteiger partial charge in [-0.3, -0.25) is 4.79 Å². The molecule has 0 unspecified atom stereocenters. The summed E-state index contributed by atoms with van der Waals surface area (Å²) in [5.41, 5.74) is 0.579. The molecule has 1 saturated heterocycles. The fourth-order valence-corrected chi connectivity index (χ4v) is 3.72. The van der Waals surface area contributed by atoms with Gasteiger partial charge in [-0.25, -0.2) is 13.6 Å². The summed E-state index contributed by atoms with van der Waals surface area (Å²) in [5.74, 6) is -0.251. The van der Waals surface area contributed by atoms with Crippen molar-refractivity contribution in [3.05, 3.63) is 53.6 Å². The molecule has 32 heavy (non-hydrogen) atoms. The number of hydrogen-bond acceptors (Lipinski definition) is 4. The molecule has 0 saturated carbocycles. The number of ether oxygens (including phenoxy) is 2. The summed E-state index contributed by atoms with van der Waals surface area (Å²) in [6.07, 6.45) is 2.37. The van der Waals surface area contributed by atoms with E-state index in [2.05, 4.69) is 10.6 Å². The minimum absolute atomic E-state index is 0.0903. The van der Waals surface area contributed by atoms with Crippen LogP contribution in [0, 0.1) is 17.6 Å². The molecule has 2 N–H and O–H groups in total. The lowest BCUT2D eigenvalue weighted by Crippen LogP contribution is -2.41. The third-order valence-corrected chi connectivity index (χ3v) is 5.50. The van der Waals surface area contributed by atoms with Crippen LogP contribution in [-0.2, 0) is 0 Å². The van der Waals surface area contributed by atoms with Crippen LogP contribution in [0.4, 0.5) is 19.3 Å². The average molecular weight is 447 g/mol.